The van der Waals surface area contributed by atoms with Crippen LogP contribution in [0.4, 0.5) is 4.79 Å². The largest absolute Gasteiger partial charge is 0.467 e. The molecule has 0 saturated carbocycles. The molecular formula is C66H81N11O10. The Morgan fingerprint density at radius 3 is 1.08 bits per heavy atom. The second-order valence-corrected chi connectivity index (χ2v) is 24.6. The number of methoxy groups -OCH3 is 1. The first-order chi connectivity index (χ1) is 41.4. The lowest BCUT2D eigenvalue weighted by atomic mass is 9.97. The summed E-state index contributed by atoms with van der Waals surface area (Å²) in [7, 11) is 1.23. The van der Waals surface area contributed by atoms with Crippen molar-refractivity contribution in [1.82, 2.24) is 57.2 Å². The number of aromatic nitrogens is 4. The van der Waals surface area contributed by atoms with Crippen LogP contribution in [-0.2, 0) is 68.7 Å². The third kappa shape index (κ3) is 16.5. The molecule has 8 aromatic rings. The lowest BCUT2D eigenvalue weighted by Crippen LogP contribution is -2.63. The van der Waals surface area contributed by atoms with E-state index in [4.69, 9.17) is 9.47 Å². The van der Waals surface area contributed by atoms with Gasteiger partial charge in [-0.3, -0.25) is 28.8 Å². The van der Waals surface area contributed by atoms with Gasteiger partial charge in [0.1, 0.15) is 47.4 Å². The first kappa shape index (κ1) is 63.6. The van der Waals surface area contributed by atoms with E-state index in [1.807, 2.05) is 125 Å². The van der Waals surface area contributed by atoms with Gasteiger partial charge in [0, 0.05) is 94.1 Å². The fourth-order valence-corrected chi connectivity index (χ4v) is 10.8. The number of alkyl carbamates (subject to hydrolysis) is 1. The fraction of sp³-hybridized carbons (Fsp3) is 0.394. The van der Waals surface area contributed by atoms with Crippen molar-refractivity contribution in [3.8, 4) is 0 Å². The van der Waals surface area contributed by atoms with Crippen molar-refractivity contribution >= 4 is 91.1 Å². The lowest BCUT2D eigenvalue weighted by Gasteiger charge is -2.31. The number of benzene rings is 4. The molecule has 0 bridgehead atoms. The summed E-state index contributed by atoms with van der Waals surface area (Å²) in [5.41, 5.74) is 3.45. The van der Waals surface area contributed by atoms with Crippen LogP contribution in [0.2, 0.25) is 0 Å². The van der Waals surface area contributed by atoms with Gasteiger partial charge in [-0.15, -0.1) is 0 Å². The highest BCUT2D eigenvalue weighted by Gasteiger charge is 2.39. The number of aromatic amines is 4. The van der Waals surface area contributed by atoms with Crippen molar-refractivity contribution in [2.24, 2.45) is 11.8 Å². The normalized spacial score (nSPS) is 14.0. The molecule has 0 unspecified atom stereocenters. The molecule has 4 aromatic heterocycles. The van der Waals surface area contributed by atoms with Gasteiger partial charge in [0.2, 0.25) is 35.4 Å². The second-order valence-electron chi connectivity index (χ2n) is 24.6. The standard InChI is InChI=1S/C66H81N11O10/c1-37(2)27-51(72-60(81)54(76-64(85)87-65(5,6)7)30-40-34-68-48-24-16-12-20-44(40)48)57(78)73-55(31-41-35-69-49-25-17-13-21-45(41)49)61(82)77-66(8,9)63(84)75-53(29-39-33-67-47-23-15-11-19-43(39)47)59(80)71-52(28-38(3)4)58(79)74-56(62(83)86-10)32-42-36-70-50-26-18-14-22-46(42)50/h11-26,33-38,51-56,67-70H,27-32H2,1-10H3,(H,71,80)(H,72,81)(H,73,78)(H,74,79)(H,75,84)(H,76,85)(H,77,82)/t51-,52-,53-,54-,55-,56-/m0/s1. The highest BCUT2D eigenvalue weighted by atomic mass is 16.6. The number of fused-ring (bicyclic) bond motifs is 4. The molecule has 87 heavy (non-hydrogen) atoms. The summed E-state index contributed by atoms with van der Waals surface area (Å²) >= 11 is 0. The van der Waals surface area contributed by atoms with Gasteiger partial charge in [-0.1, -0.05) is 100 Å². The van der Waals surface area contributed by atoms with Crippen LogP contribution in [0.1, 0.15) is 97.4 Å². The molecule has 0 fully saturated rings. The van der Waals surface area contributed by atoms with Gasteiger partial charge in [0.15, 0.2) is 0 Å². The maximum absolute atomic E-state index is 15.0. The number of amides is 7. The van der Waals surface area contributed by atoms with E-state index in [0.29, 0.717) is 11.1 Å². The Labute approximate surface area is 505 Å². The van der Waals surface area contributed by atoms with Crippen molar-refractivity contribution in [2.45, 2.75) is 148 Å². The van der Waals surface area contributed by atoms with E-state index < -0.39 is 94.9 Å². The van der Waals surface area contributed by atoms with E-state index in [2.05, 4.69) is 57.2 Å². The number of nitrogens with one attached hydrogen (secondary N) is 11. The topological polar surface area (TPSA) is 302 Å². The van der Waals surface area contributed by atoms with Crippen LogP contribution in [0.15, 0.2) is 122 Å². The van der Waals surface area contributed by atoms with E-state index >= 15 is 0 Å². The van der Waals surface area contributed by atoms with Crippen molar-refractivity contribution in [2.75, 3.05) is 7.11 Å². The van der Waals surface area contributed by atoms with E-state index in [1.54, 1.807) is 45.6 Å². The molecule has 7 amide bonds. The minimum atomic E-state index is -1.77. The Balaban J connectivity index is 1.04. The highest BCUT2D eigenvalue weighted by Crippen LogP contribution is 2.25. The Morgan fingerprint density at radius 1 is 0.414 bits per heavy atom. The Kier molecular flexibility index (Phi) is 20.3. The number of ether oxygens (including phenoxy) is 2. The predicted octanol–water partition coefficient (Wildman–Crippen LogP) is 7.36. The molecule has 460 valence electrons. The molecule has 4 heterocycles. The molecule has 6 atom stereocenters. The first-order valence-electron chi connectivity index (χ1n) is 29.5. The lowest BCUT2D eigenvalue weighted by molar-refractivity contribution is -0.145. The fourth-order valence-electron chi connectivity index (χ4n) is 10.8. The molecule has 0 spiro atoms. The third-order valence-electron chi connectivity index (χ3n) is 15.1. The van der Waals surface area contributed by atoms with Gasteiger partial charge in [0.05, 0.1) is 7.11 Å². The number of rotatable bonds is 26. The van der Waals surface area contributed by atoms with E-state index in [0.717, 1.165) is 54.7 Å². The Hall–Kier alpha value is -9.40. The number of H-pyrrole nitrogens is 4. The highest BCUT2D eigenvalue weighted by molar-refractivity contribution is 6.00. The van der Waals surface area contributed by atoms with Crippen LogP contribution < -0.4 is 37.2 Å². The molecule has 0 radical (unpaired) electrons. The summed E-state index contributed by atoms with van der Waals surface area (Å²) in [6.45, 7) is 15.6. The summed E-state index contributed by atoms with van der Waals surface area (Å²) in [6, 6.07) is 22.6. The molecule has 0 aliphatic heterocycles. The second kappa shape index (κ2) is 27.8. The van der Waals surface area contributed by atoms with Crippen LogP contribution >= 0.6 is 0 Å². The van der Waals surface area contributed by atoms with Gasteiger partial charge in [0.25, 0.3) is 0 Å². The quantitative estimate of drug-likeness (QED) is 0.0239. The number of hydrogen-bond acceptors (Lipinski definition) is 10. The minimum absolute atomic E-state index is 0.0383. The van der Waals surface area contributed by atoms with Crippen LogP contribution in [0, 0.1) is 11.8 Å². The van der Waals surface area contributed by atoms with Gasteiger partial charge in [-0.05, 0) is 106 Å². The Morgan fingerprint density at radius 2 is 0.724 bits per heavy atom. The first-order valence-corrected chi connectivity index (χ1v) is 29.5. The number of carbonyl (C=O) groups is 8. The van der Waals surface area contributed by atoms with E-state index in [1.165, 1.54) is 21.0 Å². The van der Waals surface area contributed by atoms with E-state index in [9.17, 15) is 38.4 Å². The molecule has 0 aliphatic rings. The predicted molar refractivity (Wildman–Crippen MR) is 334 cm³/mol. The number of carbonyl (C=O) groups excluding carboxylic acids is 8. The summed E-state index contributed by atoms with van der Waals surface area (Å²) in [4.78, 5) is 128. The maximum Gasteiger partial charge on any atom is 0.408 e. The average molecular weight is 1190 g/mol. The summed E-state index contributed by atoms with van der Waals surface area (Å²) in [5, 5.41) is 23.2. The van der Waals surface area contributed by atoms with Crippen molar-refractivity contribution in [3.05, 3.63) is 144 Å². The number of para-hydroxylation sites is 4. The average Bonchev–Trinajstić information content (AvgIpc) is 2.26. The minimum Gasteiger partial charge on any atom is -0.467 e. The molecule has 0 saturated heterocycles. The molecule has 4 aromatic carbocycles. The summed E-state index contributed by atoms with van der Waals surface area (Å²) in [6.07, 6.45) is 6.49. The monoisotopic (exact) mass is 1190 g/mol. The molecular weight excluding hydrogens is 1110 g/mol. The van der Waals surface area contributed by atoms with Crippen molar-refractivity contribution in [1.29, 1.82) is 0 Å². The van der Waals surface area contributed by atoms with Crippen LogP contribution in [0.3, 0.4) is 0 Å². The molecule has 0 aliphatic carbocycles. The van der Waals surface area contributed by atoms with Crippen LogP contribution in [-0.4, -0.2) is 122 Å². The Bertz CT molecular complexity index is 3770. The maximum atomic E-state index is 15.0. The number of esters is 1. The van der Waals surface area contributed by atoms with Gasteiger partial charge >= 0.3 is 12.1 Å². The zero-order valence-electron chi connectivity index (χ0n) is 51.0. The molecule has 11 N–H and O–H groups in total. The van der Waals surface area contributed by atoms with Gasteiger partial charge < -0.3 is 66.6 Å². The molecule has 8 rings (SSSR count). The smallest absolute Gasteiger partial charge is 0.408 e. The van der Waals surface area contributed by atoms with Gasteiger partial charge in [-0.2, -0.15) is 0 Å². The van der Waals surface area contributed by atoms with Gasteiger partial charge in [-0.25, -0.2) is 9.59 Å². The number of hydrogen-bond donors (Lipinski definition) is 11. The van der Waals surface area contributed by atoms with Crippen molar-refractivity contribution in [3.63, 3.8) is 0 Å². The SMILES string of the molecule is COC(=O)[C@H](Cc1c[nH]c2ccccc12)NC(=O)[C@H](CC(C)C)NC(=O)[C@H](Cc1c[nH]c2ccccc12)NC(=O)C(C)(C)NC(=O)[C@H](Cc1c[nH]c2ccccc12)NC(=O)[C@H](CC(C)C)NC(=O)[C@H](Cc1c[nH]c2ccccc12)NC(=O)OC(C)(C)C. The summed E-state index contributed by atoms with van der Waals surface area (Å²) in [5.74, 6) is -5.20. The molecule has 21 nitrogen and oxygen atoms in total. The molecule has 21 heteroatoms. The zero-order valence-corrected chi connectivity index (χ0v) is 51.0. The summed E-state index contributed by atoms with van der Waals surface area (Å²) < 4.78 is 10.7. The third-order valence-corrected chi connectivity index (χ3v) is 15.1. The zero-order chi connectivity index (χ0) is 62.7. The van der Waals surface area contributed by atoms with Crippen molar-refractivity contribution < 1.29 is 47.8 Å². The van der Waals surface area contributed by atoms with Crippen LogP contribution in [0.25, 0.3) is 43.6 Å². The van der Waals surface area contributed by atoms with Crippen LogP contribution in [0.5, 0.6) is 0 Å². The van der Waals surface area contributed by atoms with E-state index in [-0.39, 0.29) is 50.4 Å².